The first-order valence-corrected chi connectivity index (χ1v) is 12.2. The van der Waals surface area contributed by atoms with Gasteiger partial charge in [-0.15, -0.1) is 0 Å². The van der Waals surface area contributed by atoms with Gasteiger partial charge in [0.15, 0.2) is 0 Å². The number of piperazine rings is 1. The summed E-state index contributed by atoms with van der Waals surface area (Å²) in [4.78, 5) is 9.93. The zero-order valence-corrected chi connectivity index (χ0v) is 19.8. The van der Waals surface area contributed by atoms with Gasteiger partial charge in [-0.1, -0.05) is 59.4 Å². The molecule has 1 aromatic carbocycles. The van der Waals surface area contributed by atoms with E-state index in [-0.39, 0.29) is 5.41 Å². The summed E-state index contributed by atoms with van der Waals surface area (Å²) in [6.45, 7) is 15.5. The number of hydrogen-bond donors (Lipinski definition) is 1. The normalized spacial score (nSPS) is 20.3. The number of hydrogen-bond acceptors (Lipinski definition) is 4. The number of unbranched alkanes of at least 4 members (excludes halogenated alkanes) is 1. The molecule has 168 valence electrons. The average molecular weight is 414 g/mol. The van der Waals surface area contributed by atoms with Gasteiger partial charge in [0.25, 0.3) is 0 Å². The van der Waals surface area contributed by atoms with E-state index in [1.807, 2.05) is 6.21 Å². The molecule has 0 bridgehead atoms. The summed E-state index contributed by atoms with van der Waals surface area (Å²) in [6.07, 6.45) is 10.8. The Kier molecular flexibility index (Phi) is 8.35. The van der Waals surface area contributed by atoms with Crippen molar-refractivity contribution in [2.24, 2.45) is 4.99 Å². The molecule has 4 nitrogen and oxygen atoms in total. The minimum atomic E-state index is 0.0503. The third-order valence-electron chi connectivity index (χ3n) is 6.77. The Hall–Kier alpha value is -1.39. The Labute approximate surface area is 184 Å². The van der Waals surface area contributed by atoms with Crippen molar-refractivity contribution in [2.75, 3.05) is 32.7 Å². The number of aliphatic imine (C=N–C) groups is 1. The molecule has 0 aromatic heterocycles. The third kappa shape index (κ3) is 6.55. The molecule has 30 heavy (non-hydrogen) atoms. The lowest BCUT2D eigenvalue weighted by Gasteiger charge is -2.35. The largest absolute Gasteiger partial charge is 0.507 e. The van der Waals surface area contributed by atoms with Gasteiger partial charge >= 0.3 is 0 Å². The van der Waals surface area contributed by atoms with Crippen LogP contribution in [0.2, 0.25) is 0 Å². The average Bonchev–Trinajstić information content (AvgIpc) is 2.73. The molecule has 0 atom stereocenters. The molecule has 0 spiro atoms. The van der Waals surface area contributed by atoms with Gasteiger partial charge in [-0.05, 0) is 42.9 Å². The summed E-state index contributed by atoms with van der Waals surface area (Å²) >= 11 is 0. The van der Waals surface area contributed by atoms with Crippen molar-refractivity contribution in [3.8, 4) is 5.75 Å². The van der Waals surface area contributed by atoms with Crippen LogP contribution >= 0.6 is 0 Å². The molecule has 0 radical (unpaired) electrons. The lowest BCUT2D eigenvalue weighted by molar-refractivity contribution is 0.125. The zero-order valence-electron chi connectivity index (χ0n) is 19.8. The molecule has 1 N–H and O–H groups in total. The lowest BCUT2D eigenvalue weighted by atomic mass is 9.84. The van der Waals surface area contributed by atoms with Crippen LogP contribution in [0, 0.1) is 0 Å². The van der Waals surface area contributed by atoms with Crippen LogP contribution in [0.25, 0.3) is 0 Å². The summed E-state index contributed by atoms with van der Waals surface area (Å²) in [5, 5.41) is 11.1. The second kappa shape index (κ2) is 10.8. The molecule has 1 aliphatic heterocycles. The highest BCUT2D eigenvalue weighted by molar-refractivity contribution is 5.84. The first kappa shape index (κ1) is 23.3. The standard InChI is InChI=1S/C26H43N3O/c1-5-6-12-28-13-15-29(16-14-28)20-22-18-23(26(2,3)4)17-21(25(22)30)19-27-24-10-8-7-9-11-24/h17-19,24,30H,5-16,20H2,1-4H3/b27-19+. The van der Waals surface area contributed by atoms with Crippen LogP contribution in [-0.2, 0) is 12.0 Å². The summed E-state index contributed by atoms with van der Waals surface area (Å²) < 4.78 is 0. The number of phenols is 1. The Bertz CT molecular complexity index is 693. The van der Waals surface area contributed by atoms with Crippen molar-refractivity contribution in [2.45, 2.75) is 90.6 Å². The quantitative estimate of drug-likeness (QED) is 0.612. The van der Waals surface area contributed by atoms with Crippen LogP contribution in [0.15, 0.2) is 17.1 Å². The molecule has 0 unspecified atom stereocenters. The Morgan fingerprint density at radius 2 is 1.70 bits per heavy atom. The molecule has 4 heteroatoms. The summed E-state index contributed by atoms with van der Waals surface area (Å²) in [6, 6.07) is 4.79. The first-order valence-electron chi connectivity index (χ1n) is 12.2. The minimum absolute atomic E-state index is 0.0503. The number of benzene rings is 1. The van der Waals surface area contributed by atoms with Crippen molar-refractivity contribution in [1.29, 1.82) is 0 Å². The molecule has 3 rings (SSSR count). The minimum Gasteiger partial charge on any atom is -0.507 e. The predicted molar refractivity (Wildman–Crippen MR) is 128 cm³/mol. The highest BCUT2D eigenvalue weighted by Crippen LogP contribution is 2.32. The fraction of sp³-hybridized carbons (Fsp3) is 0.731. The predicted octanol–water partition coefficient (Wildman–Crippen LogP) is 5.36. The van der Waals surface area contributed by atoms with Crippen LogP contribution in [0.4, 0.5) is 0 Å². The number of phenolic OH excluding ortho intramolecular Hbond substituents is 1. The van der Waals surface area contributed by atoms with Crippen molar-refractivity contribution in [3.05, 3.63) is 28.8 Å². The smallest absolute Gasteiger partial charge is 0.128 e. The van der Waals surface area contributed by atoms with Gasteiger partial charge in [0.05, 0.1) is 0 Å². The fourth-order valence-corrected chi connectivity index (χ4v) is 4.58. The summed E-state index contributed by atoms with van der Waals surface area (Å²) in [7, 11) is 0. The van der Waals surface area contributed by atoms with Crippen molar-refractivity contribution < 1.29 is 5.11 Å². The molecule has 2 aliphatic rings. The molecule has 1 saturated heterocycles. The van der Waals surface area contributed by atoms with Gasteiger partial charge in [0.2, 0.25) is 0 Å². The van der Waals surface area contributed by atoms with Gasteiger partial charge in [-0.25, -0.2) is 0 Å². The molecule has 1 aliphatic carbocycles. The maximum Gasteiger partial charge on any atom is 0.128 e. The van der Waals surface area contributed by atoms with E-state index in [0.29, 0.717) is 11.8 Å². The Morgan fingerprint density at radius 3 is 2.33 bits per heavy atom. The van der Waals surface area contributed by atoms with Crippen LogP contribution in [0.3, 0.4) is 0 Å². The summed E-state index contributed by atoms with van der Waals surface area (Å²) in [5.74, 6) is 0.427. The van der Waals surface area contributed by atoms with E-state index in [0.717, 1.165) is 43.9 Å². The van der Waals surface area contributed by atoms with Crippen molar-refractivity contribution in [3.63, 3.8) is 0 Å². The number of rotatable bonds is 7. The van der Waals surface area contributed by atoms with Gasteiger partial charge < -0.3 is 10.0 Å². The van der Waals surface area contributed by atoms with E-state index < -0.39 is 0 Å². The van der Waals surface area contributed by atoms with Gasteiger partial charge in [0, 0.05) is 56.1 Å². The second-order valence-corrected chi connectivity index (χ2v) is 10.4. The van der Waals surface area contributed by atoms with Gasteiger partial charge in [0.1, 0.15) is 5.75 Å². The third-order valence-corrected chi connectivity index (χ3v) is 6.77. The molecule has 1 aromatic rings. The molecular formula is C26H43N3O. The molecule has 0 amide bonds. The van der Waals surface area contributed by atoms with E-state index in [1.165, 1.54) is 57.1 Å². The van der Waals surface area contributed by atoms with Gasteiger partial charge in [-0.3, -0.25) is 9.89 Å². The second-order valence-electron chi connectivity index (χ2n) is 10.4. The van der Waals surface area contributed by atoms with Crippen molar-refractivity contribution in [1.82, 2.24) is 9.80 Å². The monoisotopic (exact) mass is 413 g/mol. The van der Waals surface area contributed by atoms with E-state index in [4.69, 9.17) is 4.99 Å². The van der Waals surface area contributed by atoms with E-state index in [2.05, 4.69) is 49.6 Å². The fourth-order valence-electron chi connectivity index (χ4n) is 4.58. The molecule has 2 fully saturated rings. The topological polar surface area (TPSA) is 39.1 Å². The van der Waals surface area contributed by atoms with Crippen molar-refractivity contribution >= 4 is 6.21 Å². The molecule has 1 saturated carbocycles. The SMILES string of the molecule is CCCCN1CCN(Cc2cc(C(C)(C)C)cc(/C=N/C3CCCCC3)c2O)CC1. The zero-order chi connectivity index (χ0) is 21.6. The van der Waals surface area contributed by atoms with Gasteiger partial charge in [-0.2, -0.15) is 0 Å². The first-order chi connectivity index (χ1) is 14.4. The lowest BCUT2D eigenvalue weighted by Crippen LogP contribution is -2.46. The van der Waals surface area contributed by atoms with E-state index >= 15 is 0 Å². The van der Waals surface area contributed by atoms with Crippen LogP contribution < -0.4 is 0 Å². The van der Waals surface area contributed by atoms with E-state index in [1.54, 1.807) is 0 Å². The number of aromatic hydroxyl groups is 1. The maximum absolute atomic E-state index is 11.1. The van der Waals surface area contributed by atoms with E-state index in [9.17, 15) is 5.11 Å². The highest BCUT2D eigenvalue weighted by atomic mass is 16.3. The summed E-state index contributed by atoms with van der Waals surface area (Å²) in [5.41, 5.74) is 3.27. The molecule has 1 heterocycles. The maximum atomic E-state index is 11.1. The van der Waals surface area contributed by atoms with Crippen LogP contribution in [0.1, 0.15) is 89.3 Å². The Balaban J connectivity index is 1.74. The molecular weight excluding hydrogens is 370 g/mol. The number of nitrogens with zero attached hydrogens (tertiary/aromatic N) is 3. The van der Waals surface area contributed by atoms with Crippen LogP contribution in [-0.4, -0.2) is 59.9 Å². The van der Waals surface area contributed by atoms with Crippen LogP contribution in [0.5, 0.6) is 5.75 Å². The highest BCUT2D eigenvalue weighted by Gasteiger charge is 2.22. The Morgan fingerprint density at radius 1 is 1.03 bits per heavy atom.